The van der Waals surface area contributed by atoms with Crippen LogP contribution in [0.5, 0.6) is 0 Å². The fourth-order valence-corrected chi connectivity index (χ4v) is 0.365. The summed E-state index contributed by atoms with van der Waals surface area (Å²) in [6, 6.07) is -2.82. The van der Waals surface area contributed by atoms with Crippen molar-refractivity contribution in [3.8, 4) is 0 Å². The Hall–Kier alpha value is -0.170. The first kappa shape index (κ1) is 14.4. The van der Waals surface area contributed by atoms with Crippen molar-refractivity contribution in [3.63, 3.8) is 0 Å². The van der Waals surface area contributed by atoms with Crippen molar-refractivity contribution >= 4 is 12.4 Å². The van der Waals surface area contributed by atoms with Crippen LogP contribution in [0.25, 0.3) is 0 Å². The van der Waals surface area contributed by atoms with Crippen LogP contribution in [0.3, 0.4) is 0 Å². The summed E-state index contributed by atoms with van der Waals surface area (Å²) < 4.78 is 67.8. The minimum atomic E-state index is -4.98. The molecule has 0 saturated carbocycles. The highest BCUT2D eigenvalue weighted by Crippen LogP contribution is 2.28. The lowest BCUT2D eigenvalue weighted by molar-refractivity contribution is -0.194. The SMILES string of the molecule is Cl.NC(CC(F)(F)F)C(F)(F)F. The van der Waals surface area contributed by atoms with Crippen molar-refractivity contribution in [2.75, 3.05) is 0 Å². The molecule has 0 aliphatic carbocycles. The number of rotatable bonds is 1. The van der Waals surface area contributed by atoms with Gasteiger partial charge in [-0.15, -0.1) is 12.4 Å². The zero-order valence-corrected chi connectivity index (χ0v) is 6.35. The second-order valence-corrected chi connectivity index (χ2v) is 1.97. The summed E-state index contributed by atoms with van der Waals surface area (Å²) in [6.07, 6.45) is -11.9. The monoisotopic (exact) mass is 217 g/mol. The lowest BCUT2D eigenvalue weighted by Crippen LogP contribution is -2.40. The molecule has 0 spiro atoms. The van der Waals surface area contributed by atoms with Crippen molar-refractivity contribution < 1.29 is 26.3 Å². The molecular weight excluding hydrogens is 211 g/mol. The second kappa shape index (κ2) is 4.18. The molecule has 0 radical (unpaired) electrons. The van der Waals surface area contributed by atoms with Crippen LogP contribution < -0.4 is 5.73 Å². The number of nitrogens with two attached hydrogens (primary N) is 1. The first-order valence-electron chi connectivity index (χ1n) is 2.52. The van der Waals surface area contributed by atoms with Gasteiger partial charge >= 0.3 is 12.4 Å². The average molecular weight is 218 g/mol. The molecule has 2 N–H and O–H groups in total. The van der Waals surface area contributed by atoms with E-state index in [1.54, 1.807) is 0 Å². The molecule has 0 heterocycles. The summed E-state index contributed by atoms with van der Waals surface area (Å²) in [6.45, 7) is 0. The Bertz CT molecular complexity index is 128. The molecule has 0 aromatic heterocycles. The van der Waals surface area contributed by atoms with Gasteiger partial charge < -0.3 is 5.73 Å². The number of alkyl halides is 6. The molecule has 1 nitrogen and oxygen atoms in total. The van der Waals surface area contributed by atoms with Crippen LogP contribution in [0.15, 0.2) is 0 Å². The van der Waals surface area contributed by atoms with Crippen molar-refractivity contribution in [1.29, 1.82) is 0 Å². The third-order valence-corrected chi connectivity index (χ3v) is 0.872. The Morgan fingerprint density at radius 3 is 1.42 bits per heavy atom. The van der Waals surface area contributed by atoms with Gasteiger partial charge in [-0.3, -0.25) is 0 Å². The molecule has 0 aromatic carbocycles. The van der Waals surface area contributed by atoms with Crippen molar-refractivity contribution in [1.82, 2.24) is 0 Å². The van der Waals surface area contributed by atoms with Crippen LogP contribution in [-0.4, -0.2) is 18.4 Å². The van der Waals surface area contributed by atoms with Gasteiger partial charge in [0.1, 0.15) is 6.04 Å². The van der Waals surface area contributed by atoms with Gasteiger partial charge in [0, 0.05) is 0 Å². The van der Waals surface area contributed by atoms with E-state index in [-0.39, 0.29) is 12.4 Å². The second-order valence-electron chi connectivity index (χ2n) is 1.97. The van der Waals surface area contributed by atoms with Gasteiger partial charge in [0.05, 0.1) is 6.42 Å². The van der Waals surface area contributed by atoms with Crippen LogP contribution in [0.1, 0.15) is 6.42 Å². The van der Waals surface area contributed by atoms with Gasteiger partial charge in [0.25, 0.3) is 0 Å². The average Bonchev–Trinajstić information content (AvgIpc) is 1.56. The van der Waals surface area contributed by atoms with Crippen LogP contribution in [0.2, 0.25) is 0 Å². The van der Waals surface area contributed by atoms with E-state index in [0.29, 0.717) is 0 Å². The van der Waals surface area contributed by atoms with Crippen molar-refractivity contribution in [2.45, 2.75) is 24.8 Å². The fourth-order valence-electron chi connectivity index (χ4n) is 0.365. The van der Waals surface area contributed by atoms with Crippen LogP contribution >= 0.6 is 12.4 Å². The lowest BCUT2D eigenvalue weighted by Gasteiger charge is -2.16. The highest BCUT2D eigenvalue weighted by molar-refractivity contribution is 5.85. The van der Waals surface area contributed by atoms with E-state index in [9.17, 15) is 26.3 Å². The first-order valence-corrected chi connectivity index (χ1v) is 2.52. The molecule has 0 amide bonds. The Morgan fingerprint density at radius 1 is 1.00 bits per heavy atom. The highest BCUT2D eigenvalue weighted by Gasteiger charge is 2.44. The third-order valence-electron chi connectivity index (χ3n) is 0.872. The summed E-state index contributed by atoms with van der Waals surface area (Å²) in [5.41, 5.74) is 4.19. The van der Waals surface area contributed by atoms with Gasteiger partial charge in [-0.2, -0.15) is 26.3 Å². The van der Waals surface area contributed by atoms with Gasteiger partial charge in [0.2, 0.25) is 0 Å². The predicted molar refractivity (Wildman–Crippen MR) is 32.0 cm³/mol. The molecule has 0 bridgehead atoms. The first-order chi connectivity index (χ1) is 4.63. The maximum Gasteiger partial charge on any atom is 0.403 e. The molecule has 0 fully saturated rings. The largest absolute Gasteiger partial charge is 0.403 e. The van der Waals surface area contributed by atoms with E-state index < -0.39 is 24.8 Å². The van der Waals surface area contributed by atoms with Crippen molar-refractivity contribution in [2.24, 2.45) is 5.73 Å². The van der Waals surface area contributed by atoms with E-state index in [4.69, 9.17) is 0 Å². The van der Waals surface area contributed by atoms with Crippen LogP contribution in [-0.2, 0) is 0 Å². The van der Waals surface area contributed by atoms with E-state index in [1.807, 2.05) is 0 Å². The third kappa shape index (κ3) is 6.53. The van der Waals surface area contributed by atoms with Gasteiger partial charge in [-0.05, 0) is 0 Å². The van der Waals surface area contributed by atoms with Crippen LogP contribution in [0.4, 0.5) is 26.3 Å². The maximum atomic E-state index is 11.4. The lowest BCUT2D eigenvalue weighted by atomic mass is 10.2. The minimum absolute atomic E-state index is 0. The van der Waals surface area contributed by atoms with Gasteiger partial charge in [-0.25, -0.2) is 0 Å². The Labute approximate surface area is 70.3 Å². The fraction of sp³-hybridized carbons (Fsp3) is 1.00. The molecule has 1 atom stereocenters. The molecule has 76 valence electrons. The van der Waals surface area contributed by atoms with E-state index >= 15 is 0 Å². The van der Waals surface area contributed by atoms with Crippen LogP contribution in [0, 0.1) is 0 Å². The van der Waals surface area contributed by atoms with E-state index in [2.05, 4.69) is 5.73 Å². The molecule has 0 aliphatic heterocycles. The quantitative estimate of drug-likeness (QED) is 0.670. The molecule has 0 rings (SSSR count). The predicted octanol–water partition coefficient (Wildman–Crippen LogP) is 2.25. The van der Waals surface area contributed by atoms with Gasteiger partial charge in [-0.1, -0.05) is 0 Å². The Morgan fingerprint density at radius 2 is 1.33 bits per heavy atom. The molecule has 0 aromatic rings. The molecule has 0 aliphatic rings. The number of hydrogen-bond donors (Lipinski definition) is 1. The maximum absolute atomic E-state index is 11.4. The summed E-state index contributed by atoms with van der Waals surface area (Å²) >= 11 is 0. The zero-order valence-electron chi connectivity index (χ0n) is 5.54. The molecule has 1 unspecified atom stereocenters. The standard InChI is InChI=1S/C4H5F6N.ClH/c5-3(6,7)1-2(11)4(8,9)10;/h2H,1,11H2;1H. The molecule has 0 saturated heterocycles. The summed E-state index contributed by atoms with van der Waals surface area (Å²) in [4.78, 5) is 0. The zero-order chi connectivity index (χ0) is 9.28. The smallest absolute Gasteiger partial charge is 0.320 e. The molecule has 12 heavy (non-hydrogen) atoms. The van der Waals surface area contributed by atoms with Crippen molar-refractivity contribution in [3.05, 3.63) is 0 Å². The number of halogens is 7. The highest BCUT2D eigenvalue weighted by atomic mass is 35.5. The summed E-state index contributed by atoms with van der Waals surface area (Å²) in [5, 5.41) is 0. The molecular formula is C4H6ClF6N. The minimum Gasteiger partial charge on any atom is -0.320 e. The Balaban J connectivity index is 0. The number of hydrogen-bond acceptors (Lipinski definition) is 1. The van der Waals surface area contributed by atoms with E-state index in [0.717, 1.165) is 0 Å². The topological polar surface area (TPSA) is 26.0 Å². The summed E-state index contributed by atoms with van der Waals surface area (Å²) in [5.74, 6) is 0. The summed E-state index contributed by atoms with van der Waals surface area (Å²) in [7, 11) is 0. The van der Waals surface area contributed by atoms with Gasteiger partial charge in [0.15, 0.2) is 0 Å². The Kier molecular flexibility index (Phi) is 5.00. The molecule has 8 heteroatoms. The van der Waals surface area contributed by atoms with E-state index in [1.165, 1.54) is 0 Å². The normalized spacial score (nSPS) is 15.2.